The zero-order valence-corrected chi connectivity index (χ0v) is 46.2. The van der Waals surface area contributed by atoms with E-state index in [-0.39, 0.29) is 80.0 Å². The Kier molecular flexibility index (Phi) is 27.9. The van der Waals surface area contributed by atoms with Crippen molar-refractivity contribution in [2.45, 2.75) is 168 Å². The molecule has 2 heterocycles. The molecular weight excluding hydrogens is 1010 g/mol. The van der Waals surface area contributed by atoms with E-state index >= 15 is 0 Å². The lowest BCUT2D eigenvalue weighted by atomic mass is 10.0. The monoisotopic (exact) mass is 1090 g/mol. The third-order valence-electron chi connectivity index (χ3n) is 12.9. The molecule has 4 aromatic rings. The van der Waals surface area contributed by atoms with E-state index in [0.717, 1.165) is 32.4 Å². The lowest BCUT2D eigenvalue weighted by Gasteiger charge is -2.38. The molecule has 0 aliphatic carbocycles. The molecular formula is C56H85BrF4N2O6Si2. The molecule has 0 unspecified atom stereocenters. The largest absolute Gasteiger partial charge is 0.459 e. The highest BCUT2D eigenvalue weighted by molar-refractivity contribution is 9.10. The topological polar surface area (TPSA) is 97.3 Å². The Morgan fingerprint density at radius 1 is 0.676 bits per heavy atom. The van der Waals surface area contributed by atoms with Crippen molar-refractivity contribution < 1.29 is 46.2 Å². The highest BCUT2D eigenvalue weighted by atomic mass is 79.9. The van der Waals surface area contributed by atoms with E-state index < -0.39 is 38.3 Å². The third kappa shape index (κ3) is 25.1. The number of aliphatic hydroxyl groups is 1. The van der Waals surface area contributed by atoms with Gasteiger partial charge in [0.15, 0.2) is 14.4 Å². The van der Waals surface area contributed by atoms with Gasteiger partial charge in [-0.3, -0.25) is 0 Å². The van der Waals surface area contributed by atoms with Gasteiger partial charge in [0.25, 0.3) is 11.8 Å². The van der Waals surface area contributed by atoms with Crippen LogP contribution in [0.1, 0.15) is 104 Å². The first-order valence-electron chi connectivity index (χ1n) is 24.0. The van der Waals surface area contributed by atoms with Crippen LogP contribution in [0.15, 0.2) is 114 Å². The Hall–Kier alpha value is -3.87. The number of hydrogen-bond donors (Lipinski definition) is 2. The molecule has 0 amide bonds. The zero-order valence-electron chi connectivity index (χ0n) is 42.4. The minimum absolute atomic E-state index is 0. The minimum atomic E-state index is -2.57. The molecule has 398 valence electrons. The van der Waals surface area contributed by atoms with Gasteiger partial charge in [-0.1, -0.05) is 170 Å². The first-order chi connectivity index (χ1) is 32.2. The molecule has 6 rings (SSSR count). The van der Waals surface area contributed by atoms with Crippen molar-refractivity contribution in [2.75, 3.05) is 31.1 Å². The average molecular weight is 1090 g/mol. The van der Waals surface area contributed by atoms with Crippen molar-refractivity contribution in [1.29, 1.82) is 0 Å². The summed E-state index contributed by atoms with van der Waals surface area (Å²) in [4.78, 5) is 26.7. The number of aliphatic hydroxyl groups excluding tert-OH is 1. The van der Waals surface area contributed by atoms with Crippen LogP contribution < -0.4 is 10.2 Å². The van der Waals surface area contributed by atoms with Crippen LogP contribution in [0.25, 0.3) is 0 Å². The fourth-order valence-corrected chi connectivity index (χ4v) is 7.73. The molecule has 71 heavy (non-hydrogen) atoms. The van der Waals surface area contributed by atoms with Gasteiger partial charge in [0, 0.05) is 83.7 Å². The van der Waals surface area contributed by atoms with Crippen LogP contribution in [0.3, 0.4) is 0 Å². The zero-order chi connectivity index (χ0) is 51.5. The molecule has 0 aromatic heterocycles. The van der Waals surface area contributed by atoms with E-state index in [4.69, 9.17) is 13.9 Å². The second-order valence-electron chi connectivity index (χ2n) is 20.7. The molecule has 2 aliphatic heterocycles. The van der Waals surface area contributed by atoms with Crippen LogP contribution in [-0.4, -0.2) is 84.4 Å². The number of carbonyl (C=O) groups is 2. The molecule has 4 aromatic carbocycles. The van der Waals surface area contributed by atoms with Gasteiger partial charge in [0.1, 0.15) is 19.3 Å². The first kappa shape index (κ1) is 65.1. The van der Waals surface area contributed by atoms with Crippen LogP contribution in [0.2, 0.25) is 36.3 Å². The Bertz CT molecular complexity index is 2090. The van der Waals surface area contributed by atoms with E-state index in [1.54, 1.807) is 12.1 Å². The van der Waals surface area contributed by atoms with Gasteiger partial charge in [0.2, 0.25) is 0 Å². The Morgan fingerprint density at radius 3 is 1.49 bits per heavy atom. The second-order valence-corrected chi connectivity index (χ2v) is 30.5. The van der Waals surface area contributed by atoms with E-state index in [1.807, 2.05) is 102 Å². The number of piperidine rings is 2. The highest BCUT2D eigenvalue weighted by Gasteiger charge is 2.41. The maximum absolute atomic E-state index is 13.2. The molecule has 15 heteroatoms. The number of benzene rings is 4. The number of esters is 2. The molecule has 0 radical (unpaired) electrons. The number of alkyl halides is 4. The summed E-state index contributed by atoms with van der Waals surface area (Å²) < 4.78 is 69.0. The van der Waals surface area contributed by atoms with Crippen LogP contribution in [0, 0.1) is 0 Å². The Balaban J connectivity index is 0.000000538. The van der Waals surface area contributed by atoms with Crippen molar-refractivity contribution in [1.82, 2.24) is 5.32 Å². The number of hydrogen-bond acceptors (Lipinski definition) is 8. The summed E-state index contributed by atoms with van der Waals surface area (Å²) in [6.07, 6.45) is -1.45. The van der Waals surface area contributed by atoms with Crippen molar-refractivity contribution in [3.63, 3.8) is 0 Å². The normalized spacial score (nSPS) is 16.0. The number of anilines is 1. The van der Waals surface area contributed by atoms with Crippen LogP contribution in [-0.2, 0) is 49.5 Å². The summed E-state index contributed by atoms with van der Waals surface area (Å²) in [6, 6.07) is 34.2. The second kappa shape index (κ2) is 30.4. The Morgan fingerprint density at radius 2 is 1.08 bits per heavy atom. The summed E-state index contributed by atoms with van der Waals surface area (Å²) in [5, 5.41) is 13.6. The van der Waals surface area contributed by atoms with Crippen LogP contribution in [0.5, 0.6) is 0 Å². The van der Waals surface area contributed by atoms with Gasteiger partial charge in [-0.05, 0) is 69.7 Å². The number of halogens is 5. The maximum Gasteiger partial charge on any atom is 0.335 e. The average Bonchev–Trinajstić information content (AvgIpc) is 3.28. The predicted molar refractivity (Wildman–Crippen MR) is 294 cm³/mol. The first-order valence-corrected chi connectivity index (χ1v) is 30.6. The lowest BCUT2D eigenvalue weighted by Crippen LogP contribution is -2.47. The predicted octanol–water partition coefficient (Wildman–Crippen LogP) is 14.2. The SMILES string of the molecule is C.C.CC(C)(C)[Si](C)(C)O[C@H](Cc1ccc(Br)cc1)C(=O)OCc1ccccc1.C[SiH](C)C(C)(C)C.FC1(F)CCNCC1.O=C(OCc1ccccc1)[C@H](O)Cc1ccc(N2CCC(F)(F)CC2)cc1. The number of ether oxygens (including phenoxy) is 2. The molecule has 2 N–H and O–H groups in total. The van der Waals surface area contributed by atoms with Crippen molar-refractivity contribution in [3.8, 4) is 0 Å². The smallest absolute Gasteiger partial charge is 0.335 e. The van der Waals surface area contributed by atoms with Gasteiger partial charge in [-0.25, -0.2) is 27.2 Å². The van der Waals surface area contributed by atoms with Gasteiger partial charge < -0.3 is 29.2 Å². The lowest BCUT2D eigenvalue weighted by molar-refractivity contribution is -0.155. The molecule has 2 saturated heterocycles. The van der Waals surface area contributed by atoms with E-state index in [1.165, 1.54) is 0 Å². The molecule has 0 saturated carbocycles. The molecule has 2 fully saturated rings. The molecule has 0 bridgehead atoms. The van der Waals surface area contributed by atoms with Crippen LogP contribution in [0.4, 0.5) is 23.2 Å². The fraction of sp³-hybridized carbons (Fsp3) is 0.536. The molecule has 2 aliphatic rings. The van der Waals surface area contributed by atoms with Gasteiger partial charge >= 0.3 is 11.9 Å². The highest BCUT2D eigenvalue weighted by Crippen LogP contribution is 2.38. The molecule has 0 spiro atoms. The summed E-state index contributed by atoms with van der Waals surface area (Å²) in [6.45, 7) is 24.5. The molecule has 8 nitrogen and oxygen atoms in total. The molecule has 2 atom stereocenters. The minimum Gasteiger partial charge on any atom is -0.459 e. The van der Waals surface area contributed by atoms with Crippen molar-refractivity contribution in [2.24, 2.45) is 0 Å². The third-order valence-corrected chi connectivity index (χ3v) is 21.3. The van der Waals surface area contributed by atoms with E-state index in [2.05, 4.69) is 89.0 Å². The summed E-state index contributed by atoms with van der Waals surface area (Å²) in [5.74, 6) is -5.92. The fourth-order valence-electron chi connectivity index (χ4n) is 6.22. The summed E-state index contributed by atoms with van der Waals surface area (Å²) in [5.41, 5.74) is 4.54. The Labute approximate surface area is 435 Å². The quantitative estimate of drug-likeness (QED) is 0.0776. The number of nitrogens with one attached hydrogen (secondary N) is 1. The number of nitrogens with zero attached hydrogens (tertiary/aromatic N) is 1. The summed E-state index contributed by atoms with van der Waals surface area (Å²) >= 11 is 3.45. The van der Waals surface area contributed by atoms with E-state index in [0.29, 0.717) is 37.6 Å². The van der Waals surface area contributed by atoms with E-state index in [9.17, 15) is 32.3 Å². The van der Waals surface area contributed by atoms with Gasteiger partial charge in [-0.15, -0.1) is 0 Å². The number of carbonyl (C=O) groups excluding carboxylic acids is 2. The van der Waals surface area contributed by atoms with Gasteiger partial charge in [-0.2, -0.15) is 0 Å². The standard InChI is InChI=1S/C22H29BrO3Si.C21H23F2NO3.C6H16Si.C5H9F2N.2CH4/c1-22(2,3)27(4,5)26-20(15-17-11-13-19(23)14-12-17)21(24)25-16-18-9-7-6-8-10-18;22-21(23)10-12-24(13-11-21)18-8-6-16(7-9-18)14-19(25)20(26)27-15-17-4-2-1-3-5-17;1-6(2,3)7(4)5;6-5(7)1-3-8-4-2-5;;/h6-14,20H,15-16H2,1-5H3;1-9,19,25H,10-15H2;7H,1-5H3;8H,1-4H2;2*1H4/t20-;19-;;;;/m11..../s1. The number of rotatable bonds is 13. The summed E-state index contributed by atoms with van der Waals surface area (Å²) in [7, 11) is -2.47. The van der Waals surface area contributed by atoms with Crippen molar-refractivity contribution >= 4 is 50.7 Å². The maximum atomic E-state index is 13.2. The van der Waals surface area contributed by atoms with Crippen LogP contribution >= 0.6 is 15.9 Å². The van der Waals surface area contributed by atoms with Crippen molar-refractivity contribution in [3.05, 3.63) is 136 Å². The van der Waals surface area contributed by atoms with Gasteiger partial charge in [0.05, 0.1) is 0 Å².